The zero-order valence-corrected chi connectivity index (χ0v) is 9.87. The van der Waals surface area contributed by atoms with Gasteiger partial charge in [-0.25, -0.2) is 0 Å². The maximum absolute atomic E-state index is 8.20. The molecule has 0 fully saturated rings. The summed E-state index contributed by atoms with van der Waals surface area (Å²) < 4.78 is 0. The quantitative estimate of drug-likeness (QED) is 0.505. The molecule has 0 aliphatic carbocycles. The van der Waals surface area contributed by atoms with E-state index in [1.165, 1.54) is 6.42 Å². The second kappa shape index (κ2) is 33.2. The largest absolute Gasteiger partial charge is 0.412 e. The first-order valence-corrected chi connectivity index (χ1v) is 2.52. The fourth-order valence-electron chi connectivity index (χ4n) is 0.362. The Hall–Kier alpha value is 0.710. The molecule has 0 spiro atoms. The van der Waals surface area contributed by atoms with E-state index < -0.39 is 0 Å². The molecule has 66 valence electrons. The summed E-state index contributed by atoms with van der Waals surface area (Å²) in [7, 11) is 0. The first kappa shape index (κ1) is 31.0. The zero-order chi connectivity index (χ0) is 4.83. The zero-order valence-electron chi connectivity index (χ0n) is 6.28. The van der Waals surface area contributed by atoms with Gasteiger partial charge in [0.25, 0.3) is 0 Å². The monoisotopic (exact) mass is 322 g/mol. The Kier molecular flexibility index (Phi) is 103. The van der Waals surface area contributed by atoms with E-state index in [4.69, 9.17) is 5.11 Å². The van der Waals surface area contributed by atoms with E-state index in [-0.39, 0.29) is 42.3 Å². The van der Waals surface area contributed by atoms with Crippen LogP contribution in [0.3, 0.4) is 0 Å². The average Bonchev–Trinajstić information content (AvgIpc) is 1.61. The van der Waals surface area contributed by atoms with Gasteiger partial charge < -0.3 is 21.5 Å². The van der Waals surface area contributed by atoms with Crippen LogP contribution in [-0.4, -0.2) is 28.1 Å². The molecule has 0 saturated carbocycles. The van der Waals surface area contributed by atoms with E-state index in [1.54, 1.807) is 0 Å². The van der Waals surface area contributed by atoms with Gasteiger partial charge in [0.15, 0.2) is 0 Å². The molecule has 0 heterocycles. The number of unbranched alkanes of at least 4 members (excludes halogenated alkanes) is 2. The summed E-state index contributed by atoms with van der Waals surface area (Å²) in [5.74, 6) is 0. The van der Waals surface area contributed by atoms with Gasteiger partial charge in [0, 0.05) is 32.5 Å². The van der Waals surface area contributed by atoms with E-state index >= 15 is 0 Å². The molecule has 0 aromatic carbocycles. The van der Waals surface area contributed by atoms with Crippen LogP contribution in [0.2, 0.25) is 0 Å². The number of hydrogen-bond acceptors (Lipinski definition) is 1. The number of hydrogen-bond donors (Lipinski definition) is 1. The summed E-state index contributed by atoms with van der Waals surface area (Å²) in [6.45, 7) is 2.48. The summed E-state index contributed by atoms with van der Waals surface area (Å²) in [4.78, 5) is 0. The third-order valence-electron chi connectivity index (χ3n) is 0.762. The van der Waals surface area contributed by atoms with E-state index in [0.29, 0.717) is 6.61 Å². The molecule has 0 saturated heterocycles. The molecule has 0 aromatic rings. The Bertz CT molecular complexity index is 25.6. The maximum atomic E-state index is 8.20. The molecular weight excluding hydrogens is 303 g/mol. The molecule has 0 radical (unpaired) electrons. The van der Waals surface area contributed by atoms with Crippen molar-refractivity contribution in [2.75, 3.05) is 6.61 Å². The second-order valence-corrected chi connectivity index (χ2v) is 1.43. The van der Waals surface area contributed by atoms with E-state index in [0.717, 1.165) is 12.8 Å². The minimum absolute atomic E-state index is 0. The van der Waals surface area contributed by atoms with Crippen molar-refractivity contribution in [2.45, 2.75) is 26.2 Å². The van der Waals surface area contributed by atoms with Crippen LogP contribution in [-0.2, 0) is 25.8 Å². The van der Waals surface area contributed by atoms with E-state index in [1.807, 2.05) is 0 Å². The van der Waals surface area contributed by atoms with Gasteiger partial charge in [0.2, 0.25) is 0 Å². The van der Waals surface area contributed by atoms with E-state index in [9.17, 15) is 0 Å². The molecule has 0 aromatic heterocycles. The Morgan fingerprint density at radius 3 is 1.50 bits per heavy atom. The van der Waals surface area contributed by atoms with Crippen molar-refractivity contribution in [3.8, 4) is 0 Å². The summed E-state index contributed by atoms with van der Waals surface area (Å²) >= 11 is 0. The predicted octanol–water partition coefficient (Wildman–Crippen LogP) is -1.31. The Labute approximate surface area is 80.3 Å². The van der Waals surface area contributed by atoms with E-state index in [2.05, 4.69) is 6.92 Å². The molecule has 0 aliphatic rings. The van der Waals surface area contributed by atoms with Gasteiger partial charge in [0.1, 0.15) is 0 Å². The Morgan fingerprint density at radius 2 is 1.40 bits per heavy atom. The van der Waals surface area contributed by atoms with Gasteiger partial charge >= 0.3 is 0 Å². The molecule has 4 nitrogen and oxygen atoms in total. The molecule has 0 aliphatic heterocycles. The Morgan fingerprint density at radius 1 is 1.00 bits per heavy atom. The number of aliphatic hydroxyl groups is 1. The summed E-state index contributed by atoms with van der Waals surface area (Å²) in [5.41, 5.74) is 0. The van der Waals surface area contributed by atoms with Crippen molar-refractivity contribution >= 4 is 0 Å². The fourth-order valence-corrected chi connectivity index (χ4v) is 0.362. The van der Waals surface area contributed by atoms with Crippen LogP contribution >= 0.6 is 0 Å². The molecular formula is C5H18HfO4. The van der Waals surface area contributed by atoms with Gasteiger partial charge in [-0.05, 0) is 6.42 Å². The first-order chi connectivity index (χ1) is 2.91. The van der Waals surface area contributed by atoms with Crippen molar-refractivity contribution in [3.63, 3.8) is 0 Å². The van der Waals surface area contributed by atoms with Crippen LogP contribution < -0.4 is 0 Å². The van der Waals surface area contributed by atoms with Crippen molar-refractivity contribution in [1.82, 2.24) is 0 Å². The van der Waals surface area contributed by atoms with Crippen molar-refractivity contribution < 1.29 is 47.4 Å². The normalized spacial score (nSPS) is 5.40. The summed E-state index contributed by atoms with van der Waals surface area (Å²) in [6, 6.07) is 0. The SMILES string of the molecule is CCCCCO.O.O.O.[Hf]. The van der Waals surface area contributed by atoms with Crippen LogP contribution in [0.15, 0.2) is 0 Å². The standard InChI is InChI=1S/C5H12O.Hf.3H2O/c1-2-3-4-5-6;;;;/h6H,2-5H2,1H3;;3*1H2. The molecule has 5 heteroatoms. The fraction of sp³-hybridized carbons (Fsp3) is 1.00. The topological polar surface area (TPSA) is 115 Å². The van der Waals surface area contributed by atoms with Crippen LogP contribution in [0.25, 0.3) is 0 Å². The van der Waals surface area contributed by atoms with Crippen LogP contribution in [0.1, 0.15) is 26.2 Å². The van der Waals surface area contributed by atoms with Gasteiger partial charge in [-0.3, -0.25) is 0 Å². The van der Waals surface area contributed by atoms with Crippen LogP contribution in [0, 0.1) is 0 Å². The molecule has 0 atom stereocenters. The number of rotatable bonds is 3. The van der Waals surface area contributed by atoms with Crippen molar-refractivity contribution in [2.24, 2.45) is 0 Å². The van der Waals surface area contributed by atoms with Gasteiger partial charge in [-0.2, -0.15) is 0 Å². The second-order valence-electron chi connectivity index (χ2n) is 1.43. The average molecular weight is 321 g/mol. The molecule has 0 bridgehead atoms. The molecule has 0 amide bonds. The summed E-state index contributed by atoms with van der Waals surface area (Å²) in [6.07, 6.45) is 3.33. The van der Waals surface area contributed by atoms with Crippen LogP contribution in [0.5, 0.6) is 0 Å². The van der Waals surface area contributed by atoms with Crippen LogP contribution in [0.4, 0.5) is 0 Å². The first-order valence-electron chi connectivity index (χ1n) is 2.52. The predicted molar refractivity (Wildman–Crippen MR) is 37.5 cm³/mol. The van der Waals surface area contributed by atoms with Gasteiger partial charge in [0.05, 0.1) is 0 Å². The molecule has 0 rings (SSSR count). The van der Waals surface area contributed by atoms with Crippen molar-refractivity contribution in [1.29, 1.82) is 0 Å². The maximum Gasteiger partial charge on any atom is 0.0431 e. The minimum Gasteiger partial charge on any atom is -0.412 e. The third-order valence-corrected chi connectivity index (χ3v) is 0.762. The summed E-state index contributed by atoms with van der Waals surface area (Å²) in [5, 5.41) is 8.20. The number of aliphatic hydroxyl groups excluding tert-OH is 1. The smallest absolute Gasteiger partial charge is 0.0431 e. The van der Waals surface area contributed by atoms with Gasteiger partial charge in [-0.1, -0.05) is 19.8 Å². The molecule has 7 N–H and O–H groups in total. The minimum atomic E-state index is 0. The third kappa shape index (κ3) is 37.6. The Balaban J connectivity index is -0.0000000208. The molecule has 0 unspecified atom stereocenters. The van der Waals surface area contributed by atoms with Gasteiger partial charge in [-0.15, -0.1) is 0 Å². The molecule has 10 heavy (non-hydrogen) atoms. The van der Waals surface area contributed by atoms with Crippen molar-refractivity contribution in [3.05, 3.63) is 0 Å².